The first-order valence-electron chi connectivity index (χ1n) is 7.56. The number of aromatic nitrogens is 1. The average molecular weight is 318 g/mol. The van der Waals surface area contributed by atoms with Gasteiger partial charge >= 0.3 is 0 Å². The SMILES string of the molecule is O=C(NCc1cccnc1-c1ccco1)c1cc2ccccc2o1. The van der Waals surface area contributed by atoms with Crippen LogP contribution in [0.5, 0.6) is 0 Å². The van der Waals surface area contributed by atoms with Crippen molar-refractivity contribution in [1.29, 1.82) is 0 Å². The maximum absolute atomic E-state index is 12.3. The van der Waals surface area contributed by atoms with Crippen LogP contribution in [0.15, 0.2) is 75.9 Å². The summed E-state index contributed by atoms with van der Waals surface area (Å²) in [4.78, 5) is 16.7. The highest BCUT2D eigenvalue weighted by molar-refractivity contribution is 5.96. The van der Waals surface area contributed by atoms with E-state index in [4.69, 9.17) is 8.83 Å². The molecule has 1 N–H and O–H groups in total. The molecule has 0 bridgehead atoms. The van der Waals surface area contributed by atoms with E-state index in [2.05, 4.69) is 10.3 Å². The molecule has 0 fully saturated rings. The van der Waals surface area contributed by atoms with Crippen LogP contribution in [0, 0.1) is 0 Å². The topological polar surface area (TPSA) is 68.3 Å². The molecular formula is C19H14N2O3. The number of hydrogen-bond acceptors (Lipinski definition) is 4. The van der Waals surface area contributed by atoms with E-state index in [1.807, 2.05) is 42.5 Å². The number of amides is 1. The van der Waals surface area contributed by atoms with Gasteiger partial charge in [0, 0.05) is 23.7 Å². The van der Waals surface area contributed by atoms with E-state index in [1.165, 1.54) is 0 Å². The zero-order valence-corrected chi connectivity index (χ0v) is 12.7. The molecule has 0 saturated carbocycles. The number of nitrogens with zero attached hydrogens (tertiary/aromatic N) is 1. The van der Waals surface area contributed by atoms with Crippen LogP contribution in [0.2, 0.25) is 0 Å². The van der Waals surface area contributed by atoms with Crippen molar-refractivity contribution in [2.75, 3.05) is 0 Å². The number of furan rings is 2. The van der Waals surface area contributed by atoms with Crippen LogP contribution in [0.4, 0.5) is 0 Å². The summed E-state index contributed by atoms with van der Waals surface area (Å²) in [6, 6.07) is 16.6. The third-order valence-corrected chi connectivity index (χ3v) is 3.73. The second kappa shape index (κ2) is 6.04. The normalized spacial score (nSPS) is 10.8. The van der Waals surface area contributed by atoms with E-state index in [-0.39, 0.29) is 5.91 Å². The lowest BCUT2D eigenvalue weighted by Crippen LogP contribution is -2.22. The number of benzene rings is 1. The van der Waals surface area contributed by atoms with Crippen molar-refractivity contribution in [3.63, 3.8) is 0 Å². The number of para-hydroxylation sites is 1. The largest absolute Gasteiger partial charge is 0.463 e. The summed E-state index contributed by atoms with van der Waals surface area (Å²) >= 11 is 0. The minimum Gasteiger partial charge on any atom is -0.463 e. The van der Waals surface area contributed by atoms with E-state index in [0.29, 0.717) is 29.3 Å². The van der Waals surface area contributed by atoms with Gasteiger partial charge in [-0.15, -0.1) is 0 Å². The Morgan fingerprint density at radius 1 is 1.08 bits per heavy atom. The van der Waals surface area contributed by atoms with Crippen molar-refractivity contribution in [2.24, 2.45) is 0 Å². The summed E-state index contributed by atoms with van der Waals surface area (Å²) in [5.74, 6) is 0.698. The number of rotatable bonds is 4. The Bertz CT molecular complexity index is 954. The van der Waals surface area contributed by atoms with Crippen LogP contribution < -0.4 is 5.32 Å². The van der Waals surface area contributed by atoms with Crippen LogP contribution in [-0.2, 0) is 6.54 Å². The van der Waals surface area contributed by atoms with Crippen molar-refractivity contribution < 1.29 is 13.6 Å². The van der Waals surface area contributed by atoms with Crippen molar-refractivity contribution >= 4 is 16.9 Å². The Morgan fingerprint density at radius 2 is 2.00 bits per heavy atom. The Balaban J connectivity index is 1.54. The van der Waals surface area contributed by atoms with Gasteiger partial charge in [-0.2, -0.15) is 0 Å². The zero-order chi connectivity index (χ0) is 16.4. The van der Waals surface area contributed by atoms with Gasteiger partial charge in [0.15, 0.2) is 11.5 Å². The first-order chi connectivity index (χ1) is 11.8. The maximum atomic E-state index is 12.3. The molecule has 1 aromatic carbocycles. The highest BCUT2D eigenvalue weighted by atomic mass is 16.3. The molecule has 0 saturated heterocycles. The quantitative estimate of drug-likeness (QED) is 0.617. The summed E-state index contributed by atoms with van der Waals surface area (Å²) in [5, 5.41) is 3.77. The summed E-state index contributed by atoms with van der Waals surface area (Å²) in [5.41, 5.74) is 2.28. The molecule has 0 aliphatic rings. The molecule has 0 radical (unpaired) electrons. The lowest BCUT2D eigenvalue weighted by Gasteiger charge is -2.07. The number of hydrogen-bond donors (Lipinski definition) is 1. The summed E-state index contributed by atoms with van der Waals surface area (Å²) in [7, 11) is 0. The average Bonchev–Trinajstić information content (AvgIpc) is 3.29. The lowest BCUT2D eigenvalue weighted by atomic mass is 10.1. The molecule has 4 aromatic rings. The number of fused-ring (bicyclic) bond motifs is 1. The second-order valence-electron chi connectivity index (χ2n) is 5.32. The lowest BCUT2D eigenvalue weighted by molar-refractivity contribution is 0.0925. The van der Waals surface area contributed by atoms with Gasteiger partial charge < -0.3 is 14.2 Å². The monoisotopic (exact) mass is 318 g/mol. The van der Waals surface area contributed by atoms with Crippen molar-refractivity contribution in [3.05, 3.63) is 78.4 Å². The van der Waals surface area contributed by atoms with Crippen molar-refractivity contribution in [2.45, 2.75) is 6.54 Å². The fourth-order valence-electron chi connectivity index (χ4n) is 2.57. The van der Waals surface area contributed by atoms with Crippen molar-refractivity contribution in [3.8, 4) is 11.5 Å². The second-order valence-corrected chi connectivity index (χ2v) is 5.32. The van der Waals surface area contributed by atoms with Crippen molar-refractivity contribution in [1.82, 2.24) is 10.3 Å². The van der Waals surface area contributed by atoms with Gasteiger partial charge in [-0.3, -0.25) is 9.78 Å². The number of nitrogens with one attached hydrogen (secondary N) is 1. The van der Waals surface area contributed by atoms with E-state index in [0.717, 1.165) is 10.9 Å². The molecule has 24 heavy (non-hydrogen) atoms. The molecule has 3 aromatic heterocycles. The number of carbonyl (C=O) groups excluding carboxylic acids is 1. The summed E-state index contributed by atoms with van der Waals surface area (Å²) in [6.07, 6.45) is 3.29. The zero-order valence-electron chi connectivity index (χ0n) is 12.7. The predicted octanol–water partition coefficient (Wildman–Crippen LogP) is 4.02. The Morgan fingerprint density at radius 3 is 2.83 bits per heavy atom. The highest BCUT2D eigenvalue weighted by Crippen LogP contribution is 2.22. The molecule has 5 heteroatoms. The molecule has 118 valence electrons. The van der Waals surface area contributed by atoms with Gasteiger partial charge in [0.1, 0.15) is 11.3 Å². The molecular weight excluding hydrogens is 304 g/mol. The number of carbonyl (C=O) groups is 1. The molecule has 4 rings (SSSR count). The first-order valence-corrected chi connectivity index (χ1v) is 7.56. The Hall–Kier alpha value is -3.34. The molecule has 0 aliphatic carbocycles. The fourth-order valence-corrected chi connectivity index (χ4v) is 2.57. The standard InChI is InChI=1S/C19H14N2O3/c22-19(17-11-13-5-1-2-7-15(13)24-17)21-12-14-6-3-9-20-18(14)16-8-4-10-23-16/h1-11H,12H2,(H,21,22). The minimum absolute atomic E-state index is 0.263. The summed E-state index contributed by atoms with van der Waals surface area (Å²) in [6.45, 7) is 0.333. The molecule has 0 aliphatic heterocycles. The molecule has 5 nitrogen and oxygen atoms in total. The van der Waals surface area contributed by atoms with Crippen LogP contribution in [0.25, 0.3) is 22.4 Å². The molecule has 3 heterocycles. The van der Waals surface area contributed by atoms with Gasteiger partial charge in [-0.1, -0.05) is 24.3 Å². The number of pyridine rings is 1. The first kappa shape index (κ1) is 14.3. The third-order valence-electron chi connectivity index (χ3n) is 3.73. The molecule has 0 unspecified atom stereocenters. The van der Waals surface area contributed by atoms with E-state index in [9.17, 15) is 4.79 Å². The van der Waals surface area contributed by atoms with Crippen LogP contribution in [0.3, 0.4) is 0 Å². The Labute approximate surface area is 137 Å². The predicted molar refractivity (Wildman–Crippen MR) is 89.3 cm³/mol. The molecule has 1 amide bonds. The van der Waals surface area contributed by atoms with Gasteiger partial charge in [0.2, 0.25) is 0 Å². The van der Waals surface area contributed by atoms with Gasteiger partial charge in [0.05, 0.1) is 6.26 Å². The minimum atomic E-state index is -0.263. The van der Waals surface area contributed by atoms with Gasteiger partial charge in [0.25, 0.3) is 5.91 Å². The van der Waals surface area contributed by atoms with Crippen LogP contribution in [0.1, 0.15) is 16.1 Å². The highest BCUT2D eigenvalue weighted by Gasteiger charge is 2.14. The maximum Gasteiger partial charge on any atom is 0.287 e. The van der Waals surface area contributed by atoms with Crippen LogP contribution >= 0.6 is 0 Å². The third kappa shape index (κ3) is 2.67. The molecule has 0 spiro atoms. The van der Waals surface area contributed by atoms with E-state index < -0.39 is 0 Å². The van der Waals surface area contributed by atoms with Crippen LogP contribution in [-0.4, -0.2) is 10.9 Å². The van der Waals surface area contributed by atoms with E-state index >= 15 is 0 Å². The fraction of sp³-hybridized carbons (Fsp3) is 0.0526. The van der Waals surface area contributed by atoms with Gasteiger partial charge in [-0.25, -0.2) is 0 Å². The van der Waals surface area contributed by atoms with Gasteiger partial charge in [-0.05, 0) is 30.3 Å². The van der Waals surface area contributed by atoms with E-state index in [1.54, 1.807) is 24.6 Å². The summed E-state index contributed by atoms with van der Waals surface area (Å²) < 4.78 is 11.0. The molecule has 0 atom stereocenters. The smallest absolute Gasteiger partial charge is 0.287 e. The Kier molecular flexibility index (Phi) is 3.59.